The zero-order chi connectivity index (χ0) is 17.3. The number of imidazole rings is 1. The molecule has 0 amide bonds. The number of benzene rings is 1. The molecule has 4 aromatic rings. The Kier molecular flexibility index (Phi) is 4.32. The Morgan fingerprint density at radius 1 is 0.962 bits per heavy atom. The maximum atomic E-state index is 4.98. The lowest BCUT2D eigenvalue weighted by Crippen LogP contribution is -2.29. The van der Waals surface area contributed by atoms with E-state index in [0.717, 1.165) is 22.2 Å². The van der Waals surface area contributed by atoms with Crippen molar-refractivity contribution in [2.45, 2.75) is 25.8 Å². The van der Waals surface area contributed by atoms with Crippen LogP contribution >= 0.6 is 22.7 Å². The third-order valence-electron chi connectivity index (χ3n) is 4.90. The van der Waals surface area contributed by atoms with Crippen LogP contribution in [0.1, 0.15) is 25.0 Å². The van der Waals surface area contributed by atoms with E-state index in [4.69, 9.17) is 10.1 Å². The largest absolute Gasteiger partial charge is 0.297 e. The quantitative estimate of drug-likeness (QED) is 0.489. The highest BCUT2D eigenvalue weighted by molar-refractivity contribution is 7.23. The summed E-state index contributed by atoms with van der Waals surface area (Å²) in [6.45, 7) is 3.26. The first-order valence-corrected chi connectivity index (χ1v) is 10.8. The van der Waals surface area contributed by atoms with Crippen LogP contribution in [0, 0.1) is 0 Å². The van der Waals surface area contributed by atoms with Gasteiger partial charge < -0.3 is 0 Å². The summed E-state index contributed by atoms with van der Waals surface area (Å²) in [5, 5.41) is 8.08. The van der Waals surface area contributed by atoms with Crippen molar-refractivity contribution in [3.05, 3.63) is 53.5 Å². The highest BCUT2D eigenvalue weighted by Crippen LogP contribution is 2.33. The molecule has 132 valence electrons. The first-order chi connectivity index (χ1) is 12.9. The normalized spacial score (nSPS) is 15.7. The molecule has 0 spiro atoms. The number of aromatic nitrogens is 3. The van der Waals surface area contributed by atoms with Gasteiger partial charge in [0.2, 0.25) is 4.96 Å². The van der Waals surface area contributed by atoms with E-state index in [1.807, 2.05) is 0 Å². The maximum Gasteiger partial charge on any atom is 0.213 e. The molecule has 5 rings (SSSR count). The van der Waals surface area contributed by atoms with Gasteiger partial charge in [0.25, 0.3) is 0 Å². The van der Waals surface area contributed by atoms with Crippen molar-refractivity contribution in [2.24, 2.45) is 0 Å². The number of nitrogens with zero attached hydrogens (tertiary/aromatic N) is 4. The van der Waals surface area contributed by atoms with Gasteiger partial charge in [0.1, 0.15) is 0 Å². The fourth-order valence-corrected chi connectivity index (χ4v) is 5.30. The van der Waals surface area contributed by atoms with E-state index in [2.05, 4.69) is 57.3 Å². The van der Waals surface area contributed by atoms with Gasteiger partial charge in [-0.25, -0.2) is 9.50 Å². The molecule has 6 heteroatoms. The summed E-state index contributed by atoms with van der Waals surface area (Å²) in [5.74, 6) is 0. The average molecular weight is 381 g/mol. The second-order valence-corrected chi connectivity index (χ2v) is 8.59. The van der Waals surface area contributed by atoms with Gasteiger partial charge in [-0.1, -0.05) is 54.2 Å². The zero-order valence-electron chi connectivity index (χ0n) is 14.5. The highest BCUT2D eigenvalue weighted by Gasteiger charge is 2.21. The summed E-state index contributed by atoms with van der Waals surface area (Å²) in [7, 11) is 0. The second-order valence-electron chi connectivity index (χ2n) is 6.69. The molecule has 0 saturated carbocycles. The van der Waals surface area contributed by atoms with E-state index >= 15 is 0 Å². The first-order valence-electron chi connectivity index (χ1n) is 9.08. The van der Waals surface area contributed by atoms with Gasteiger partial charge in [-0.3, -0.25) is 4.90 Å². The summed E-state index contributed by atoms with van der Waals surface area (Å²) >= 11 is 3.41. The summed E-state index contributed by atoms with van der Waals surface area (Å²) in [5.41, 5.74) is 3.47. The van der Waals surface area contributed by atoms with Crippen molar-refractivity contribution in [2.75, 3.05) is 13.1 Å². The molecule has 4 heterocycles. The zero-order valence-corrected chi connectivity index (χ0v) is 16.1. The summed E-state index contributed by atoms with van der Waals surface area (Å²) in [6, 6.07) is 14.7. The van der Waals surface area contributed by atoms with Crippen LogP contribution in [0.4, 0.5) is 0 Å². The minimum atomic E-state index is 0.916. The van der Waals surface area contributed by atoms with Crippen LogP contribution in [0.15, 0.2) is 47.8 Å². The van der Waals surface area contributed by atoms with Gasteiger partial charge in [0, 0.05) is 12.1 Å². The lowest BCUT2D eigenvalue weighted by molar-refractivity contribution is 0.217. The van der Waals surface area contributed by atoms with Crippen LogP contribution in [0.25, 0.3) is 26.1 Å². The molecule has 1 aliphatic rings. The van der Waals surface area contributed by atoms with E-state index in [-0.39, 0.29) is 0 Å². The Morgan fingerprint density at radius 2 is 1.81 bits per heavy atom. The SMILES string of the molecule is c1ccc(-c2nc3sc(-c4cccs4)nn3c2CN2CCCCC2)cc1. The fourth-order valence-electron chi connectivity index (χ4n) is 3.59. The summed E-state index contributed by atoms with van der Waals surface area (Å²) in [4.78, 5) is 9.72. The molecule has 0 N–H and O–H groups in total. The predicted molar refractivity (Wildman–Crippen MR) is 109 cm³/mol. The van der Waals surface area contributed by atoms with Gasteiger partial charge in [-0.15, -0.1) is 11.3 Å². The number of hydrogen-bond acceptors (Lipinski definition) is 5. The third-order valence-corrected chi connectivity index (χ3v) is 6.85. The summed E-state index contributed by atoms with van der Waals surface area (Å²) in [6.07, 6.45) is 3.93. The maximum absolute atomic E-state index is 4.98. The third kappa shape index (κ3) is 2.98. The molecule has 0 unspecified atom stereocenters. The monoisotopic (exact) mass is 380 g/mol. The van der Waals surface area contributed by atoms with Crippen LogP contribution in [0.5, 0.6) is 0 Å². The van der Waals surface area contributed by atoms with Crippen LogP contribution in [0.2, 0.25) is 0 Å². The standard InChI is InChI=1S/C20H20N4S2/c1-3-8-15(9-4-1)18-16(14-23-11-5-2-6-12-23)24-20(21-18)26-19(22-24)17-10-7-13-25-17/h1,3-4,7-10,13H,2,5-6,11-12,14H2. The minimum Gasteiger partial charge on any atom is -0.297 e. The second kappa shape index (κ2) is 6.95. The number of rotatable bonds is 4. The summed E-state index contributed by atoms with van der Waals surface area (Å²) < 4.78 is 2.08. The topological polar surface area (TPSA) is 33.4 Å². The molecule has 1 fully saturated rings. The lowest BCUT2D eigenvalue weighted by Gasteiger charge is -2.26. The molecule has 0 bridgehead atoms. The molecule has 1 aliphatic heterocycles. The molecule has 1 aromatic carbocycles. The highest BCUT2D eigenvalue weighted by atomic mass is 32.1. The lowest BCUT2D eigenvalue weighted by atomic mass is 10.1. The van der Waals surface area contributed by atoms with E-state index in [1.54, 1.807) is 22.7 Å². The number of hydrogen-bond donors (Lipinski definition) is 0. The molecule has 0 atom stereocenters. The van der Waals surface area contributed by atoms with Crippen molar-refractivity contribution in [1.29, 1.82) is 0 Å². The minimum absolute atomic E-state index is 0.916. The van der Waals surface area contributed by atoms with Crippen molar-refractivity contribution in [3.8, 4) is 21.1 Å². The molecule has 26 heavy (non-hydrogen) atoms. The van der Waals surface area contributed by atoms with Crippen molar-refractivity contribution < 1.29 is 0 Å². The average Bonchev–Trinajstić information content (AvgIpc) is 3.40. The molecule has 1 saturated heterocycles. The number of fused-ring (bicyclic) bond motifs is 1. The van der Waals surface area contributed by atoms with Crippen molar-refractivity contribution in [3.63, 3.8) is 0 Å². The Balaban J connectivity index is 1.61. The van der Waals surface area contributed by atoms with E-state index in [9.17, 15) is 0 Å². The fraction of sp³-hybridized carbons (Fsp3) is 0.300. The van der Waals surface area contributed by atoms with Gasteiger partial charge >= 0.3 is 0 Å². The number of likely N-dealkylation sites (tertiary alicyclic amines) is 1. The van der Waals surface area contributed by atoms with Gasteiger partial charge in [-0.2, -0.15) is 5.10 Å². The van der Waals surface area contributed by atoms with Gasteiger partial charge in [-0.05, 0) is 37.4 Å². The van der Waals surface area contributed by atoms with Crippen LogP contribution < -0.4 is 0 Å². The van der Waals surface area contributed by atoms with Crippen LogP contribution in [-0.2, 0) is 6.54 Å². The number of piperidine rings is 1. The molecular formula is C20H20N4S2. The van der Waals surface area contributed by atoms with E-state index in [0.29, 0.717) is 0 Å². The Hall–Kier alpha value is -2.02. The number of thiophene rings is 1. The van der Waals surface area contributed by atoms with Crippen molar-refractivity contribution >= 4 is 27.6 Å². The van der Waals surface area contributed by atoms with Crippen LogP contribution in [0.3, 0.4) is 0 Å². The first kappa shape index (κ1) is 16.2. The smallest absolute Gasteiger partial charge is 0.213 e. The van der Waals surface area contributed by atoms with Gasteiger partial charge in [0.05, 0.1) is 16.3 Å². The van der Waals surface area contributed by atoms with Crippen molar-refractivity contribution in [1.82, 2.24) is 19.5 Å². The Bertz CT molecular complexity index is 995. The van der Waals surface area contributed by atoms with Crippen LogP contribution in [-0.4, -0.2) is 32.6 Å². The Morgan fingerprint density at radius 3 is 2.58 bits per heavy atom. The molecule has 0 aliphatic carbocycles. The Labute approximate surface area is 160 Å². The molecule has 4 nitrogen and oxygen atoms in total. The van der Waals surface area contributed by atoms with E-state index < -0.39 is 0 Å². The predicted octanol–water partition coefficient (Wildman–Crippen LogP) is 5.17. The van der Waals surface area contributed by atoms with Gasteiger partial charge in [0.15, 0.2) is 5.01 Å². The van der Waals surface area contributed by atoms with E-state index in [1.165, 1.54) is 48.5 Å². The molecule has 0 radical (unpaired) electrons. The molecular weight excluding hydrogens is 360 g/mol. The molecule has 3 aromatic heterocycles.